The maximum Gasteiger partial charge on any atom is 0.274 e. The second-order valence-corrected chi connectivity index (χ2v) is 6.73. The Balaban J connectivity index is 1.77. The van der Waals surface area contributed by atoms with Crippen LogP contribution in [0.15, 0.2) is 54.9 Å². The van der Waals surface area contributed by atoms with E-state index in [2.05, 4.69) is 20.6 Å². The van der Waals surface area contributed by atoms with Crippen molar-refractivity contribution in [2.45, 2.75) is 19.9 Å². The molecule has 0 saturated heterocycles. The van der Waals surface area contributed by atoms with Gasteiger partial charge in [-0.15, -0.1) is 0 Å². The Morgan fingerprint density at radius 2 is 1.89 bits per heavy atom. The summed E-state index contributed by atoms with van der Waals surface area (Å²) in [6.45, 7) is 3.88. The van der Waals surface area contributed by atoms with Crippen molar-refractivity contribution in [3.05, 3.63) is 76.7 Å². The molecular weight excluding hydrogens is 376 g/mol. The van der Waals surface area contributed by atoms with Gasteiger partial charge in [0.25, 0.3) is 5.91 Å². The van der Waals surface area contributed by atoms with E-state index in [0.717, 1.165) is 11.1 Å². The molecule has 0 fully saturated rings. The van der Waals surface area contributed by atoms with Crippen molar-refractivity contribution in [3.63, 3.8) is 0 Å². The third kappa shape index (κ3) is 4.58. The van der Waals surface area contributed by atoms with E-state index < -0.39 is 0 Å². The smallest absolute Gasteiger partial charge is 0.274 e. The van der Waals surface area contributed by atoms with Gasteiger partial charge in [0.1, 0.15) is 23.6 Å². The van der Waals surface area contributed by atoms with Crippen LogP contribution in [-0.2, 0) is 0 Å². The average Bonchev–Trinajstić information content (AvgIpc) is 2.71. The van der Waals surface area contributed by atoms with Gasteiger partial charge in [-0.1, -0.05) is 41.9 Å². The molecule has 0 saturated carbocycles. The minimum atomic E-state index is -0.363. The first-order valence-corrected chi connectivity index (χ1v) is 9.14. The Morgan fingerprint density at radius 3 is 2.61 bits per heavy atom. The van der Waals surface area contributed by atoms with Gasteiger partial charge in [-0.3, -0.25) is 4.79 Å². The van der Waals surface area contributed by atoms with Crippen molar-refractivity contribution < 1.29 is 9.53 Å². The number of benzene rings is 2. The lowest BCUT2D eigenvalue weighted by Gasteiger charge is -2.15. The molecule has 6 nitrogen and oxygen atoms in total. The molecule has 1 atom stereocenters. The highest BCUT2D eigenvalue weighted by atomic mass is 35.5. The zero-order valence-corrected chi connectivity index (χ0v) is 16.6. The number of halogens is 1. The number of aromatic nitrogens is 2. The van der Waals surface area contributed by atoms with Crippen molar-refractivity contribution in [1.29, 1.82) is 0 Å². The fourth-order valence-corrected chi connectivity index (χ4v) is 2.88. The minimum Gasteiger partial charge on any atom is -0.495 e. The standard InChI is InChI=1S/C21H21ClN4O2/c1-13-9-17(19(28-3)10-16(13)22)26-21(27)18-11-20(24-12-23-18)25-14(2)15-7-5-4-6-8-15/h4-12,14H,1-3H3,(H,26,27)(H,23,24,25). The third-order valence-corrected chi connectivity index (χ3v) is 4.70. The Hall–Kier alpha value is -3.12. The van der Waals surface area contributed by atoms with E-state index in [4.69, 9.17) is 16.3 Å². The van der Waals surface area contributed by atoms with E-state index >= 15 is 0 Å². The van der Waals surface area contributed by atoms with Gasteiger partial charge in [-0.25, -0.2) is 9.97 Å². The van der Waals surface area contributed by atoms with Gasteiger partial charge in [0.2, 0.25) is 0 Å². The number of ether oxygens (including phenoxy) is 1. The lowest BCUT2D eigenvalue weighted by molar-refractivity contribution is 0.102. The molecule has 28 heavy (non-hydrogen) atoms. The zero-order valence-electron chi connectivity index (χ0n) is 15.9. The summed E-state index contributed by atoms with van der Waals surface area (Å²) >= 11 is 6.12. The van der Waals surface area contributed by atoms with Crippen LogP contribution in [-0.4, -0.2) is 23.0 Å². The Labute approximate surface area is 168 Å². The summed E-state index contributed by atoms with van der Waals surface area (Å²) in [5, 5.41) is 6.67. The summed E-state index contributed by atoms with van der Waals surface area (Å²) in [5.41, 5.74) is 2.72. The number of nitrogens with zero attached hydrogens (tertiary/aromatic N) is 2. The maximum absolute atomic E-state index is 12.7. The molecule has 2 N–H and O–H groups in total. The molecule has 0 radical (unpaired) electrons. The van der Waals surface area contributed by atoms with Crippen LogP contribution < -0.4 is 15.4 Å². The van der Waals surface area contributed by atoms with Gasteiger partial charge < -0.3 is 15.4 Å². The van der Waals surface area contributed by atoms with Crippen molar-refractivity contribution in [3.8, 4) is 5.75 Å². The summed E-state index contributed by atoms with van der Waals surface area (Å²) in [4.78, 5) is 21.0. The summed E-state index contributed by atoms with van der Waals surface area (Å²) in [5.74, 6) is 0.683. The Bertz CT molecular complexity index is 979. The molecule has 1 heterocycles. The highest BCUT2D eigenvalue weighted by Crippen LogP contribution is 2.31. The number of carbonyl (C=O) groups excluding carboxylic acids is 1. The van der Waals surface area contributed by atoms with Crippen LogP contribution in [0.3, 0.4) is 0 Å². The van der Waals surface area contributed by atoms with Crippen LogP contribution >= 0.6 is 11.6 Å². The largest absolute Gasteiger partial charge is 0.495 e. The first-order chi connectivity index (χ1) is 13.5. The number of rotatable bonds is 6. The fourth-order valence-electron chi connectivity index (χ4n) is 2.72. The van der Waals surface area contributed by atoms with Crippen LogP contribution in [0.2, 0.25) is 5.02 Å². The molecule has 1 unspecified atom stereocenters. The van der Waals surface area contributed by atoms with Gasteiger partial charge in [-0.2, -0.15) is 0 Å². The van der Waals surface area contributed by atoms with E-state index in [-0.39, 0.29) is 17.6 Å². The third-order valence-electron chi connectivity index (χ3n) is 4.29. The molecule has 0 aliphatic rings. The summed E-state index contributed by atoms with van der Waals surface area (Å²) in [6.07, 6.45) is 1.36. The molecule has 2 aromatic carbocycles. The molecule has 3 aromatic rings. The van der Waals surface area contributed by atoms with E-state index in [1.807, 2.05) is 44.2 Å². The number of hydrogen-bond acceptors (Lipinski definition) is 5. The van der Waals surface area contributed by atoms with Crippen molar-refractivity contribution in [2.75, 3.05) is 17.7 Å². The molecule has 0 bridgehead atoms. The van der Waals surface area contributed by atoms with Crippen molar-refractivity contribution in [1.82, 2.24) is 9.97 Å². The van der Waals surface area contributed by atoms with Crippen LogP contribution in [0.1, 0.15) is 34.6 Å². The van der Waals surface area contributed by atoms with E-state index in [1.54, 1.807) is 18.2 Å². The molecule has 144 valence electrons. The number of methoxy groups -OCH3 is 1. The SMILES string of the molecule is COc1cc(Cl)c(C)cc1NC(=O)c1cc(NC(C)c2ccccc2)ncn1. The van der Waals surface area contributed by atoms with Crippen LogP contribution in [0, 0.1) is 6.92 Å². The van der Waals surface area contributed by atoms with Crippen molar-refractivity contribution >= 4 is 29.0 Å². The van der Waals surface area contributed by atoms with Gasteiger partial charge in [0.05, 0.1) is 12.8 Å². The highest BCUT2D eigenvalue weighted by molar-refractivity contribution is 6.31. The molecule has 0 spiro atoms. The predicted molar refractivity (Wildman–Crippen MR) is 111 cm³/mol. The average molecular weight is 397 g/mol. The lowest BCUT2D eigenvalue weighted by atomic mass is 10.1. The number of anilines is 2. The summed E-state index contributed by atoms with van der Waals surface area (Å²) in [6, 6.07) is 15.1. The molecular formula is C21H21ClN4O2. The first kappa shape index (κ1) is 19.6. The van der Waals surface area contributed by atoms with Gasteiger partial charge in [0, 0.05) is 23.2 Å². The normalized spacial score (nSPS) is 11.6. The van der Waals surface area contributed by atoms with Crippen LogP contribution in [0.25, 0.3) is 0 Å². The number of hydrogen-bond donors (Lipinski definition) is 2. The van der Waals surface area contributed by atoms with Gasteiger partial charge >= 0.3 is 0 Å². The van der Waals surface area contributed by atoms with E-state index in [1.165, 1.54) is 13.4 Å². The molecule has 1 aromatic heterocycles. The zero-order chi connectivity index (χ0) is 20.1. The highest BCUT2D eigenvalue weighted by Gasteiger charge is 2.14. The molecule has 7 heteroatoms. The summed E-state index contributed by atoms with van der Waals surface area (Å²) in [7, 11) is 1.52. The first-order valence-electron chi connectivity index (χ1n) is 8.77. The van der Waals surface area contributed by atoms with Gasteiger partial charge in [-0.05, 0) is 31.0 Å². The summed E-state index contributed by atoms with van der Waals surface area (Å²) < 4.78 is 5.30. The van der Waals surface area contributed by atoms with Crippen LogP contribution in [0.4, 0.5) is 11.5 Å². The Morgan fingerprint density at radius 1 is 1.14 bits per heavy atom. The second kappa shape index (κ2) is 8.71. The minimum absolute atomic E-state index is 0.0334. The van der Waals surface area contributed by atoms with E-state index in [9.17, 15) is 4.79 Å². The quantitative estimate of drug-likeness (QED) is 0.621. The molecule has 0 aliphatic heterocycles. The molecule has 1 amide bonds. The number of nitrogens with one attached hydrogen (secondary N) is 2. The predicted octanol–water partition coefficient (Wildman–Crippen LogP) is 4.87. The number of amides is 1. The monoisotopic (exact) mass is 396 g/mol. The Kier molecular flexibility index (Phi) is 6.11. The van der Waals surface area contributed by atoms with Gasteiger partial charge in [0.15, 0.2) is 0 Å². The van der Waals surface area contributed by atoms with E-state index in [0.29, 0.717) is 22.3 Å². The van der Waals surface area contributed by atoms with Crippen molar-refractivity contribution in [2.24, 2.45) is 0 Å². The topological polar surface area (TPSA) is 76.1 Å². The second-order valence-electron chi connectivity index (χ2n) is 6.32. The molecule has 3 rings (SSSR count). The van der Waals surface area contributed by atoms with Crippen LogP contribution in [0.5, 0.6) is 5.75 Å². The number of carbonyl (C=O) groups is 1. The molecule has 0 aliphatic carbocycles. The number of aryl methyl sites for hydroxylation is 1. The maximum atomic E-state index is 12.7. The lowest BCUT2D eigenvalue weighted by Crippen LogP contribution is -2.16. The fraction of sp³-hybridized carbons (Fsp3) is 0.190.